The lowest BCUT2D eigenvalue weighted by Gasteiger charge is -2.12. The van der Waals surface area contributed by atoms with Crippen molar-refractivity contribution in [2.75, 3.05) is 10.6 Å². The van der Waals surface area contributed by atoms with Gasteiger partial charge in [-0.3, -0.25) is 9.59 Å². The van der Waals surface area contributed by atoms with Crippen LogP contribution in [0.4, 0.5) is 20.2 Å². The molecular formula is C17H16F2N2O2. The number of carbonyl (C=O) groups excluding carboxylic acids is 2. The van der Waals surface area contributed by atoms with Crippen LogP contribution in [0.15, 0.2) is 36.4 Å². The zero-order chi connectivity index (χ0) is 17.0. The molecule has 2 aromatic rings. The summed E-state index contributed by atoms with van der Waals surface area (Å²) in [4.78, 5) is 23.3. The zero-order valence-corrected chi connectivity index (χ0v) is 12.7. The molecule has 4 nitrogen and oxygen atoms in total. The Kier molecular flexibility index (Phi) is 5.05. The number of hydrogen-bond acceptors (Lipinski definition) is 2. The molecule has 0 radical (unpaired) electrons. The first kappa shape index (κ1) is 16.6. The summed E-state index contributed by atoms with van der Waals surface area (Å²) in [5.41, 5.74) is 1.91. The fourth-order valence-electron chi connectivity index (χ4n) is 2.11. The molecule has 0 spiro atoms. The Morgan fingerprint density at radius 1 is 1.00 bits per heavy atom. The van der Waals surface area contributed by atoms with Crippen LogP contribution in [0.5, 0.6) is 0 Å². The summed E-state index contributed by atoms with van der Waals surface area (Å²) in [6.07, 6.45) is 0.660. The lowest BCUT2D eigenvalue weighted by atomic mass is 10.1. The van der Waals surface area contributed by atoms with Crippen molar-refractivity contribution in [2.24, 2.45) is 0 Å². The molecule has 0 bridgehead atoms. The highest BCUT2D eigenvalue weighted by Crippen LogP contribution is 2.22. The van der Waals surface area contributed by atoms with Crippen molar-refractivity contribution < 1.29 is 18.4 Å². The van der Waals surface area contributed by atoms with Crippen molar-refractivity contribution in [3.8, 4) is 0 Å². The number of amides is 2. The topological polar surface area (TPSA) is 58.2 Å². The summed E-state index contributed by atoms with van der Waals surface area (Å²) >= 11 is 0. The molecule has 2 rings (SSSR count). The largest absolute Gasteiger partial charge is 0.326 e. The minimum Gasteiger partial charge on any atom is -0.326 e. The number of rotatable bonds is 4. The van der Waals surface area contributed by atoms with E-state index < -0.39 is 17.5 Å². The Bertz CT molecular complexity index is 760. The van der Waals surface area contributed by atoms with Crippen molar-refractivity contribution in [3.63, 3.8) is 0 Å². The smallest absolute Gasteiger partial charge is 0.255 e. The summed E-state index contributed by atoms with van der Waals surface area (Å²) in [6, 6.07) is 8.08. The highest BCUT2D eigenvalue weighted by Gasteiger charge is 2.12. The van der Waals surface area contributed by atoms with Crippen LogP contribution in [0.2, 0.25) is 0 Å². The van der Waals surface area contributed by atoms with Gasteiger partial charge in [0.05, 0.1) is 0 Å². The van der Waals surface area contributed by atoms with Gasteiger partial charge in [0.25, 0.3) is 5.91 Å². The number of benzene rings is 2. The molecular weight excluding hydrogens is 302 g/mol. The molecule has 2 aromatic carbocycles. The van der Waals surface area contributed by atoms with Crippen LogP contribution in [0, 0.1) is 11.6 Å². The fourth-order valence-corrected chi connectivity index (χ4v) is 2.11. The molecule has 0 fully saturated rings. The number of anilines is 2. The van der Waals surface area contributed by atoms with Gasteiger partial charge in [-0.25, -0.2) is 8.78 Å². The van der Waals surface area contributed by atoms with Gasteiger partial charge in [-0.05, 0) is 42.3 Å². The Morgan fingerprint density at radius 2 is 1.74 bits per heavy atom. The number of halogens is 2. The van der Waals surface area contributed by atoms with Crippen LogP contribution < -0.4 is 10.6 Å². The predicted molar refractivity (Wildman–Crippen MR) is 84.4 cm³/mol. The van der Waals surface area contributed by atoms with Crippen molar-refractivity contribution in [3.05, 3.63) is 59.2 Å². The van der Waals surface area contributed by atoms with Gasteiger partial charge in [-0.2, -0.15) is 0 Å². The first-order valence-electron chi connectivity index (χ1n) is 7.07. The van der Waals surface area contributed by atoms with Gasteiger partial charge in [0, 0.05) is 23.9 Å². The molecule has 2 N–H and O–H groups in total. The molecule has 0 aromatic heterocycles. The molecule has 0 unspecified atom stereocenters. The molecule has 0 atom stereocenters. The summed E-state index contributed by atoms with van der Waals surface area (Å²) < 4.78 is 26.2. The molecule has 0 aliphatic rings. The summed E-state index contributed by atoms with van der Waals surface area (Å²) in [5.74, 6) is -2.88. The van der Waals surface area contributed by atoms with E-state index >= 15 is 0 Å². The predicted octanol–water partition coefficient (Wildman–Crippen LogP) is 3.74. The Hall–Kier alpha value is -2.76. The maximum absolute atomic E-state index is 13.2. The summed E-state index contributed by atoms with van der Waals surface area (Å²) in [7, 11) is 0. The third-order valence-electron chi connectivity index (χ3n) is 3.24. The third kappa shape index (κ3) is 4.12. The van der Waals surface area contributed by atoms with Gasteiger partial charge in [0.2, 0.25) is 5.91 Å². The van der Waals surface area contributed by atoms with Crippen LogP contribution in [0.3, 0.4) is 0 Å². The first-order chi connectivity index (χ1) is 10.9. The summed E-state index contributed by atoms with van der Waals surface area (Å²) in [6.45, 7) is 3.30. The van der Waals surface area contributed by atoms with E-state index in [-0.39, 0.29) is 11.5 Å². The number of nitrogens with one attached hydrogen (secondary N) is 2. The van der Waals surface area contributed by atoms with E-state index in [0.717, 1.165) is 17.7 Å². The Morgan fingerprint density at radius 3 is 2.35 bits per heavy atom. The monoisotopic (exact) mass is 318 g/mol. The van der Waals surface area contributed by atoms with E-state index in [1.165, 1.54) is 13.0 Å². The third-order valence-corrected chi connectivity index (χ3v) is 3.24. The molecule has 0 aliphatic carbocycles. The van der Waals surface area contributed by atoms with E-state index in [4.69, 9.17) is 0 Å². The molecule has 0 aliphatic heterocycles. The highest BCUT2D eigenvalue weighted by molar-refractivity contribution is 6.05. The number of aryl methyl sites for hydroxylation is 1. The van der Waals surface area contributed by atoms with Gasteiger partial charge in [-0.15, -0.1) is 0 Å². The van der Waals surface area contributed by atoms with Crippen molar-refractivity contribution in [1.29, 1.82) is 0 Å². The maximum Gasteiger partial charge on any atom is 0.255 e. The SMILES string of the molecule is CCc1ccc(NC(C)=O)cc1NC(=O)c1ccc(F)c(F)c1. The van der Waals surface area contributed by atoms with Crippen LogP contribution in [0.25, 0.3) is 0 Å². The van der Waals surface area contributed by atoms with E-state index in [0.29, 0.717) is 17.8 Å². The second-order valence-corrected chi connectivity index (χ2v) is 4.99. The lowest BCUT2D eigenvalue weighted by Crippen LogP contribution is -2.14. The second-order valence-electron chi connectivity index (χ2n) is 4.99. The second kappa shape index (κ2) is 7.00. The number of carbonyl (C=O) groups is 2. The maximum atomic E-state index is 13.2. The van der Waals surface area contributed by atoms with Gasteiger partial charge in [-0.1, -0.05) is 13.0 Å². The average Bonchev–Trinajstić information content (AvgIpc) is 2.49. The Labute approximate surface area is 132 Å². The van der Waals surface area contributed by atoms with Gasteiger partial charge in [0.1, 0.15) is 0 Å². The van der Waals surface area contributed by atoms with E-state index in [1.54, 1.807) is 18.2 Å². The van der Waals surface area contributed by atoms with Crippen molar-refractivity contribution >= 4 is 23.2 Å². The first-order valence-corrected chi connectivity index (χ1v) is 7.07. The van der Waals surface area contributed by atoms with E-state index in [1.807, 2.05) is 6.92 Å². The van der Waals surface area contributed by atoms with Gasteiger partial charge >= 0.3 is 0 Å². The molecule has 2 amide bonds. The van der Waals surface area contributed by atoms with Crippen molar-refractivity contribution in [1.82, 2.24) is 0 Å². The molecule has 120 valence electrons. The Balaban J connectivity index is 2.28. The molecule has 6 heteroatoms. The molecule has 0 saturated heterocycles. The van der Waals surface area contributed by atoms with E-state index in [9.17, 15) is 18.4 Å². The minimum absolute atomic E-state index is 0.0101. The summed E-state index contributed by atoms with van der Waals surface area (Å²) in [5, 5.41) is 5.28. The van der Waals surface area contributed by atoms with Crippen LogP contribution >= 0.6 is 0 Å². The van der Waals surface area contributed by atoms with Crippen molar-refractivity contribution in [2.45, 2.75) is 20.3 Å². The molecule has 23 heavy (non-hydrogen) atoms. The quantitative estimate of drug-likeness (QED) is 0.902. The standard InChI is InChI=1S/C17H16F2N2O2/c1-3-11-4-6-13(20-10(2)22)9-16(11)21-17(23)12-5-7-14(18)15(19)8-12/h4-9H,3H2,1-2H3,(H,20,22)(H,21,23). The van der Waals surface area contributed by atoms with Gasteiger partial charge < -0.3 is 10.6 Å². The van der Waals surface area contributed by atoms with E-state index in [2.05, 4.69) is 10.6 Å². The van der Waals surface area contributed by atoms with Crippen LogP contribution in [0.1, 0.15) is 29.8 Å². The minimum atomic E-state index is -1.08. The fraction of sp³-hybridized carbons (Fsp3) is 0.176. The number of hydrogen-bond donors (Lipinski definition) is 2. The van der Waals surface area contributed by atoms with Crippen LogP contribution in [-0.2, 0) is 11.2 Å². The van der Waals surface area contributed by atoms with Gasteiger partial charge in [0.15, 0.2) is 11.6 Å². The van der Waals surface area contributed by atoms with Crippen LogP contribution in [-0.4, -0.2) is 11.8 Å². The molecule has 0 saturated carbocycles. The normalized spacial score (nSPS) is 10.3. The molecule has 0 heterocycles. The zero-order valence-electron chi connectivity index (χ0n) is 12.7. The lowest BCUT2D eigenvalue weighted by molar-refractivity contribution is -0.114. The average molecular weight is 318 g/mol. The highest BCUT2D eigenvalue weighted by atomic mass is 19.2.